The molecule has 2 N–H and O–H groups in total. The van der Waals surface area contributed by atoms with E-state index in [1.54, 1.807) is 36.4 Å². The van der Waals surface area contributed by atoms with Crippen molar-refractivity contribution in [2.24, 2.45) is 0 Å². The number of hydrogen-bond donors (Lipinski definition) is 2. The van der Waals surface area contributed by atoms with E-state index in [0.717, 1.165) is 20.2 Å². The minimum absolute atomic E-state index is 0.102. The van der Waals surface area contributed by atoms with Gasteiger partial charge in [-0.2, -0.15) is 0 Å². The third kappa shape index (κ3) is 4.41. The Morgan fingerprint density at radius 1 is 0.906 bits per heavy atom. The maximum absolute atomic E-state index is 12.6. The first-order valence-electron chi connectivity index (χ1n) is 9.38. The Morgan fingerprint density at radius 2 is 1.50 bits per heavy atom. The molecule has 0 radical (unpaired) electrons. The number of carbonyl (C=O) groups is 1. The monoisotopic (exact) mass is 513 g/mol. The minimum Gasteiger partial charge on any atom is -0.316 e. The Morgan fingerprint density at radius 3 is 2.16 bits per heavy atom. The number of para-hydroxylation sites is 2. The molecule has 0 fully saturated rings. The number of nitrogens with one attached hydrogen (secondary N) is 2. The summed E-state index contributed by atoms with van der Waals surface area (Å²) in [6.07, 6.45) is 0. The van der Waals surface area contributed by atoms with Crippen LogP contribution >= 0.6 is 15.9 Å². The van der Waals surface area contributed by atoms with Gasteiger partial charge in [0.25, 0.3) is 15.9 Å². The summed E-state index contributed by atoms with van der Waals surface area (Å²) in [5.74, 6) is -0.945. The van der Waals surface area contributed by atoms with E-state index in [1.165, 1.54) is 12.1 Å². The van der Waals surface area contributed by atoms with Crippen molar-refractivity contribution >= 4 is 42.9 Å². The number of aromatic amines is 1. The van der Waals surface area contributed by atoms with Crippen LogP contribution in [0.25, 0.3) is 22.2 Å². The first-order valence-corrected chi connectivity index (χ1v) is 11.7. The average Bonchev–Trinajstić information content (AvgIpc) is 2.77. The van der Waals surface area contributed by atoms with Crippen molar-refractivity contribution in [1.29, 1.82) is 0 Å². The smallest absolute Gasteiger partial charge is 0.316 e. The van der Waals surface area contributed by atoms with Gasteiger partial charge >= 0.3 is 11.1 Å². The summed E-state index contributed by atoms with van der Waals surface area (Å²) < 4.78 is 29.1. The lowest BCUT2D eigenvalue weighted by atomic mass is 10.1. The maximum atomic E-state index is 12.6. The van der Waals surface area contributed by atoms with Crippen LogP contribution in [0.2, 0.25) is 0 Å². The average molecular weight is 514 g/mol. The number of fused-ring (bicyclic) bond motifs is 1. The first-order chi connectivity index (χ1) is 15.2. The second-order valence-corrected chi connectivity index (χ2v) is 9.52. The molecular formula is C22H16BrN3O5S. The fraction of sp³-hybridized carbons (Fsp3) is 0.0455. The molecule has 0 saturated heterocycles. The molecule has 32 heavy (non-hydrogen) atoms. The van der Waals surface area contributed by atoms with E-state index in [-0.39, 0.29) is 4.90 Å². The third-order valence-electron chi connectivity index (χ3n) is 4.77. The summed E-state index contributed by atoms with van der Waals surface area (Å²) in [4.78, 5) is 38.9. The van der Waals surface area contributed by atoms with Crippen LogP contribution in [0.15, 0.2) is 91.8 Å². The van der Waals surface area contributed by atoms with Crippen LogP contribution in [0.1, 0.15) is 0 Å². The number of carbonyl (C=O) groups excluding carboxylic acids is 1. The molecule has 0 aliphatic heterocycles. The number of sulfonamides is 1. The predicted molar refractivity (Wildman–Crippen MR) is 124 cm³/mol. The van der Waals surface area contributed by atoms with Crippen molar-refractivity contribution in [2.75, 3.05) is 0 Å². The van der Waals surface area contributed by atoms with E-state index in [0.29, 0.717) is 11.0 Å². The van der Waals surface area contributed by atoms with Crippen molar-refractivity contribution < 1.29 is 13.2 Å². The van der Waals surface area contributed by atoms with Crippen LogP contribution in [0.3, 0.4) is 0 Å². The van der Waals surface area contributed by atoms with Gasteiger partial charge in [-0.1, -0.05) is 52.3 Å². The van der Waals surface area contributed by atoms with Crippen LogP contribution in [0.4, 0.5) is 0 Å². The number of amides is 1. The van der Waals surface area contributed by atoms with Gasteiger partial charge in [-0.3, -0.25) is 19.0 Å². The van der Waals surface area contributed by atoms with Gasteiger partial charge in [0.2, 0.25) is 0 Å². The highest BCUT2D eigenvalue weighted by atomic mass is 79.9. The SMILES string of the molecule is O=C(Cn1c(=O)c(=O)[nH]c2ccccc21)NS(=O)(=O)c1ccc(-c2ccc(Br)cc2)cc1. The minimum atomic E-state index is -4.17. The quantitative estimate of drug-likeness (QED) is 0.397. The van der Waals surface area contributed by atoms with E-state index < -0.39 is 33.6 Å². The molecule has 0 unspecified atom stereocenters. The summed E-state index contributed by atoms with van der Waals surface area (Å²) >= 11 is 3.36. The van der Waals surface area contributed by atoms with Crippen molar-refractivity contribution in [3.63, 3.8) is 0 Å². The van der Waals surface area contributed by atoms with Crippen molar-refractivity contribution in [3.8, 4) is 11.1 Å². The van der Waals surface area contributed by atoms with Crippen LogP contribution < -0.4 is 15.8 Å². The lowest BCUT2D eigenvalue weighted by Gasteiger charge is -2.11. The molecule has 4 rings (SSSR count). The third-order valence-corrected chi connectivity index (χ3v) is 6.69. The topological polar surface area (TPSA) is 118 Å². The molecule has 0 saturated carbocycles. The molecule has 1 aromatic heterocycles. The molecule has 162 valence electrons. The van der Waals surface area contributed by atoms with Crippen LogP contribution in [-0.2, 0) is 21.4 Å². The van der Waals surface area contributed by atoms with Gasteiger partial charge in [0.05, 0.1) is 15.9 Å². The lowest BCUT2D eigenvalue weighted by Crippen LogP contribution is -2.41. The zero-order valence-electron chi connectivity index (χ0n) is 16.4. The van der Waals surface area contributed by atoms with Crippen LogP contribution in [-0.4, -0.2) is 23.9 Å². The van der Waals surface area contributed by atoms with Gasteiger partial charge in [0.15, 0.2) is 0 Å². The Labute approximate surface area is 190 Å². The number of aromatic nitrogens is 2. The van der Waals surface area contributed by atoms with Gasteiger partial charge < -0.3 is 4.98 Å². The summed E-state index contributed by atoms with van der Waals surface area (Å²) in [5.41, 5.74) is 0.531. The highest BCUT2D eigenvalue weighted by Crippen LogP contribution is 2.23. The molecule has 0 aliphatic carbocycles. The molecule has 1 heterocycles. The van der Waals surface area contributed by atoms with E-state index in [2.05, 4.69) is 20.9 Å². The largest absolute Gasteiger partial charge is 0.317 e. The van der Waals surface area contributed by atoms with Crippen LogP contribution in [0.5, 0.6) is 0 Å². The molecule has 3 aromatic carbocycles. The van der Waals surface area contributed by atoms with Crippen molar-refractivity contribution in [2.45, 2.75) is 11.4 Å². The number of nitrogens with zero attached hydrogens (tertiary/aromatic N) is 1. The second kappa shape index (κ2) is 8.56. The highest BCUT2D eigenvalue weighted by Gasteiger charge is 2.19. The standard InChI is InChI=1S/C22H16BrN3O5S/c23-16-9-5-14(6-10-16)15-7-11-17(12-8-15)32(30,31)25-20(27)13-26-19-4-2-1-3-18(19)24-21(28)22(26)29/h1-12H,13H2,(H,24,28)(H,25,27). The normalized spacial score (nSPS) is 11.4. The predicted octanol–water partition coefficient (Wildman–Crippen LogP) is 2.62. The fourth-order valence-corrected chi connectivity index (χ4v) is 4.47. The van der Waals surface area contributed by atoms with Gasteiger partial charge in [0.1, 0.15) is 6.54 Å². The molecule has 0 atom stereocenters. The molecule has 8 nitrogen and oxygen atoms in total. The zero-order chi connectivity index (χ0) is 22.9. The Kier molecular flexibility index (Phi) is 5.81. The van der Waals surface area contributed by atoms with Gasteiger partial charge in [-0.25, -0.2) is 13.1 Å². The Bertz CT molecular complexity index is 1540. The maximum Gasteiger partial charge on any atom is 0.317 e. The second-order valence-electron chi connectivity index (χ2n) is 6.92. The highest BCUT2D eigenvalue weighted by molar-refractivity contribution is 9.10. The zero-order valence-corrected chi connectivity index (χ0v) is 18.8. The Balaban J connectivity index is 1.57. The molecule has 4 aromatic rings. The number of benzene rings is 3. The van der Waals surface area contributed by atoms with E-state index in [1.807, 2.05) is 29.0 Å². The van der Waals surface area contributed by atoms with Crippen LogP contribution in [0, 0.1) is 0 Å². The molecule has 1 amide bonds. The van der Waals surface area contributed by atoms with Crippen molar-refractivity contribution in [3.05, 3.63) is 98.0 Å². The van der Waals surface area contributed by atoms with E-state index in [9.17, 15) is 22.8 Å². The number of halogens is 1. The molecule has 0 spiro atoms. The number of H-pyrrole nitrogens is 1. The number of hydrogen-bond acceptors (Lipinski definition) is 5. The molecule has 10 heteroatoms. The summed E-state index contributed by atoms with van der Waals surface area (Å²) in [6.45, 7) is -0.626. The summed E-state index contributed by atoms with van der Waals surface area (Å²) in [7, 11) is -4.17. The van der Waals surface area contributed by atoms with Gasteiger partial charge in [-0.15, -0.1) is 0 Å². The molecule has 0 aliphatic rings. The molecular weight excluding hydrogens is 498 g/mol. The van der Waals surface area contributed by atoms with Gasteiger partial charge in [-0.05, 0) is 47.5 Å². The van der Waals surface area contributed by atoms with E-state index in [4.69, 9.17) is 0 Å². The fourth-order valence-electron chi connectivity index (χ4n) is 3.23. The Hall–Kier alpha value is -3.50. The first kappa shape index (κ1) is 21.7. The summed E-state index contributed by atoms with van der Waals surface area (Å²) in [6, 6.07) is 20.0. The van der Waals surface area contributed by atoms with Crippen molar-refractivity contribution in [1.82, 2.24) is 14.3 Å². The summed E-state index contributed by atoms with van der Waals surface area (Å²) in [5, 5.41) is 0. The number of rotatable bonds is 5. The molecule has 0 bridgehead atoms. The van der Waals surface area contributed by atoms with Gasteiger partial charge in [0, 0.05) is 4.47 Å². The lowest BCUT2D eigenvalue weighted by molar-refractivity contribution is -0.119. The van der Waals surface area contributed by atoms with E-state index >= 15 is 0 Å².